The third-order valence-electron chi connectivity index (χ3n) is 2.75. The van der Waals surface area contributed by atoms with Crippen molar-refractivity contribution in [2.75, 3.05) is 0 Å². The highest BCUT2D eigenvalue weighted by Gasteiger charge is 2.35. The molecule has 3 aromatic heterocycles. The van der Waals surface area contributed by atoms with Gasteiger partial charge >= 0.3 is 6.18 Å². The Hall–Kier alpha value is -2.28. The van der Waals surface area contributed by atoms with Crippen molar-refractivity contribution in [3.05, 3.63) is 53.6 Å². The van der Waals surface area contributed by atoms with Crippen molar-refractivity contribution >= 4 is 11.6 Å². The summed E-state index contributed by atoms with van der Waals surface area (Å²) in [6.45, 7) is 0. The molecule has 0 saturated heterocycles. The van der Waals surface area contributed by atoms with Crippen LogP contribution in [-0.4, -0.2) is 14.8 Å². The van der Waals surface area contributed by atoms with E-state index in [9.17, 15) is 13.2 Å². The first kappa shape index (κ1) is 13.7. The minimum atomic E-state index is -4.57. The summed E-state index contributed by atoms with van der Waals surface area (Å²) in [6.07, 6.45) is -0.430. The predicted octanol–water partition coefficient (Wildman–Crippen LogP) is 4.20. The van der Waals surface area contributed by atoms with E-state index in [2.05, 4.69) is 10.1 Å². The number of pyridine rings is 1. The molecule has 0 N–H and O–H groups in total. The van der Waals surface area contributed by atoms with Crippen molar-refractivity contribution in [1.82, 2.24) is 14.8 Å². The van der Waals surface area contributed by atoms with Gasteiger partial charge in [0.25, 0.3) is 0 Å². The van der Waals surface area contributed by atoms with Gasteiger partial charge < -0.3 is 4.42 Å². The molecule has 0 aromatic carbocycles. The smallest absolute Gasteiger partial charge is 0.435 e. The van der Waals surface area contributed by atoms with E-state index >= 15 is 0 Å². The number of furan rings is 1. The molecular weight excluding hydrogens is 307 g/mol. The van der Waals surface area contributed by atoms with Crippen LogP contribution in [0.2, 0.25) is 5.02 Å². The Morgan fingerprint density at radius 2 is 2.05 bits per heavy atom. The lowest BCUT2D eigenvalue weighted by Crippen LogP contribution is -2.07. The fourth-order valence-corrected chi connectivity index (χ4v) is 2.01. The fraction of sp³-hybridized carbons (Fsp3) is 0.0769. The fourth-order valence-electron chi connectivity index (χ4n) is 1.83. The first-order valence-corrected chi connectivity index (χ1v) is 6.15. The Labute approximate surface area is 121 Å². The molecule has 0 spiro atoms. The van der Waals surface area contributed by atoms with Crippen LogP contribution in [0.3, 0.4) is 0 Å². The molecule has 4 nitrogen and oxygen atoms in total. The lowest BCUT2D eigenvalue weighted by Gasteiger charge is -2.06. The van der Waals surface area contributed by atoms with Crippen molar-refractivity contribution in [1.29, 1.82) is 0 Å². The van der Waals surface area contributed by atoms with Crippen LogP contribution in [0.5, 0.6) is 0 Å². The third-order valence-corrected chi connectivity index (χ3v) is 3.07. The van der Waals surface area contributed by atoms with E-state index < -0.39 is 11.9 Å². The predicted molar refractivity (Wildman–Crippen MR) is 69.1 cm³/mol. The molecule has 0 aliphatic carbocycles. The summed E-state index contributed by atoms with van der Waals surface area (Å²) >= 11 is 6.00. The van der Waals surface area contributed by atoms with Gasteiger partial charge in [0.15, 0.2) is 11.5 Å². The molecule has 0 aliphatic heterocycles. The average molecular weight is 314 g/mol. The van der Waals surface area contributed by atoms with Crippen LogP contribution in [0.15, 0.2) is 47.3 Å². The topological polar surface area (TPSA) is 43.9 Å². The van der Waals surface area contributed by atoms with E-state index in [1.54, 1.807) is 6.07 Å². The molecule has 0 fully saturated rings. The second kappa shape index (κ2) is 4.92. The summed E-state index contributed by atoms with van der Waals surface area (Å²) in [5.74, 6) is 0.248. The molecule has 0 amide bonds. The Morgan fingerprint density at radius 1 is 1.24 bits per heavy atom. The Bertz CT molecular complexity index is 765. The highest BCUT2D eigenvalue weighted by Crippen LogP contribution is 2.34. The number of rotatable bonds is 2. The number of nitrogens with zero attached hydrogens (tertiary/aromatic N) is 3. The quantitative estimate of drug-likeness (QED) is 0.712. The largest absolute Gasteiger partial charge is 0.463 e. The highest BCUT2D eigenvalue weighted by molar-refractivity contribution is 6.32. The Morgan fingerprint density at radius 3 is 2.67 bits per heavy atom. The number of alkyl halides is 3. The van der Waals surface area contributed by atoms with Gasteiger partial charge in [0, 0.05) is 12.3 Å². The van der Waals surface area contributed by atoms with Gasteiger partial charge in [-0.1, -0.05) is 11.6 Å². The molecule has 3 aromatic rings. The Balaban J connectivity index is 2.24. The second-order valence-corrected chi connectivity index (χ2v) is 4.54. The van der Waals surface area contributed by atoms with E-state index in [0.29, 0.717) is 0 Å². The van der Waals surface area contributed by atoms with Gasteiger partial charge in [0.1, 0.15) is 11.4 Å². The van der Waals surface area contributed by atoms with Gasteiger partial charge in [-0.15, -0.1) is 0 Å². The lowest BCUT2D eigenvalue weighted by molar-refractivity contribution is -0.141. The summed E-state index contributed by atoms with van der Waals surface area (Å²) in [5.41, 5.74) is -0.655. The minimum absolute atomic E-state index is 0.141. The molecule has 0 radical (unpaired) electrons. The van der Waals surface area contributed by atoms with Crippen LogP contribution in [-0.2, 0) is 6.18 Å². The van der Waals surface area contributed by atoms with Crippen LogP contribution in [0.25, 0.3) is 17.1 Å². The Kier molecular flexibility index (Phi) is 3.21. The zero-order valence-corrected chi connectivity index (χ0v) is 11.1. The first-order chi connectivity index (χ1) is 9.97. The number of hydrogen-bond donors (Lipinski definition) is 0. The van der Waals surface area contributed by atoms with Crippen molar-refractivity contribution in [2.24, 2.45) is 0 Å². The molecule has 8 heteroatoms. The van der Waals surface area contributed by atoms with Crippen LogP contribution >= 0.6 is 11.6 Å². The highest BCUT2D eigenvalue weighted by atomic mass is 35.5. The van der Waals surface area contributed by atoms with Crippen molar-refractivity contribution < 1.29 is 17.6 Å². The van der Waals surface area contributed by atoms with Gasteiger partial charge in [0.05, 0.1) is 17.5 Å². The maximum absolute atomic E-state index is 12.9. The monoisotopic (exact) mass is 313 g/mol. The van der Waals surface area contributed by atoms with Crippen LogP contribution in [0.4, 0.5) is 13.2 Å². The summed E-state index contributed by atoms with van der Waals surface area (Å²) in [4.78, 5) is 3.86. The molecule has 0 unspecified atom stereocenters. The van der Waals surface area contributed by atoms with Crippen LogP contribution in [0, 0.1) is 0 Å². The van der Waals surface area contributed by atoms with Crippen molar-refractivity contribution in [3.8, 4) is 17.1 Å². The minimum Gasteiger partial charge on any atom is -0.463 e. The molecule has 3 rings (SSSR count). The molecule has 0 bridgehead atoms. The summed E-state index contributed by atoms with van der Waals surface area (Å²) in [5, 5.41) is 3.81. The third kappa shape index (κ3) is 2.52. The van der Waals surface area contributed by atoms with E-state index in [1.807, 2.05) is 0 Å². The standard InChI is InChI=1S/C13H7ClF3N3O/c14-8-3-4-18-7-10(8)20-9(11-2-1-5-21-11)6-12(19-20)13(15,16)17/h1-7H. The zero-order valence-electron chi connectivity index (χ0n) is 10.3. The summed E-state index contributed by atoms with van der Waals surface area (Å²) in [6, 6.07) is 5.49. The number of halogens is 4. The normalized spacial score (nSPS) is 11.8. The summed E-state index contributed by atoms with van der Waals surface area (Å²) < 4.78 is 44.9. The van der Waals surface area contributed by atoms with Crippen LogP contribution in [0.1, 0.15) is 5.69 Å². The molecule has 3 heterocycles. The average Bonchev–Trinajstić information content (AvgIpc) is 3.07. The number of aromatic nitrogens is 3. The van der Waals surface area contributed by atoms with E-state index in [4.69, 9.17) is 16.0 Å². The van der Waals surface area contributed by atoms with Crippen LogP contribution < -0.4 is 0 Å². The maximum Gasteiger partial charge on any atom is 0.435 e. The van der Waals surface area contributed by atoms with Gasteiger partial charge in [-0.25, -0.2) is 4.68 Å². The molecule has 0 aliphatic rings. The van der Waals surface area contributed by atoms with Gasteiger partial charge in [-0.2, -0.15) is 18.3 Å². The molecule has 0 atom stereocenters. The van der Waals surface area contributed by atoms with Gasteiger partial charge in [-0.05, 0) is 18.2 Å². The van der Waals surface area contributed by atoms with E-state index in [-0.39, 0.29) is 22.2 Å². The van der Waals surface area contributed by atoms with Gasteiger partial charge in [0.2, 0.25) is 0 Å². The molecule has 21 heavy (non-hydrogen) atoms. The first-order valence-electron chi connectivity index (χ1n) is 5.78. The zero-order chi connectivity index (χ0) is 15.0. The lowest BCUT2D eigenvalue weighted by atomic mass is 10.3. The second-order valence-electron chi connectivity index (χ2n) is 4.13. The van der Waals surface area contributed by atoms with E-state index in [0.717, 1.165) is 10.7 Å². The van der Waals surface area contributed by atoms with Gasteiger partial charge in [-0.3, -0.25) is 4.98 Å². The SMILES string of the molecule is FC(F)(F)c1cc(-c2ccco2)n(-c2cnccc2Cl)n1. The number of hydrogen-bond acceptors (Lipinski definition) is 3. The summed E-state index contributed by atoms with van der Waals surface area (Å²) in [7, 11) is 0. The van der Waals surface area contributed by atoms with E-state index in [1.165, 1.54) is 30.8 Å². The molecular formula is C13H7ClF3N3O. The maximum atomic E-state index is 12.9. The van der Waals surface area contributed by atoms with Crippen molar-refractivity contribution in [2.45, 2.75) is 6.18 Å². The molecule has 108 valence electrons. The molecule has 0 saturated carbocycles. The van der Waals surface area contributed by atoms with Crippen molar-refractivity contribution in [3.63, 3.8) is 0 Å².